The monoisotopic (exact) mass is 154 g/mol. The summed E-state index contributed by atoms with van der Waals surface area (Å²) in [6.45, 7) is 0. The zero-order valence-electron chi connectivity index (χ0n) is 6.10. The van der Waals surface area contributed by atoms with Gasteiger partial charge in [0.2, 0.25) is 0 Å². The summed E-state index contributed by atoms with van der Waals surface area (Å²) in [6.07, 6.45) is 0.902. The number of hydrogen-bond acceptors (Lipinski definition) is 0. The maximum absolute atomic E-state index is 12.8. The minimum atomic E-state index is -0.0571. The molecule has 0 saturated heterocycles. The molecule has 1 aromatic carbocycles. The maximum Gasteiger partial charge on any atom is 0.126 e. The Morgan fingerprint density at radius 1 is 1.30 bits per heavy atom. The van der Waals surface area contributed by atoms with Gasteiger partial charge >= 0.3 is 0 Å². The van der Waals surface area contributed by atoms with Crippen molar-refractivity contribution in [1.82, 2.24) is 0 Å². The molecule has 0 bridgehead atoms. The maximum atomic E-state index is 12.8. The second-order valence-electron chi connectivity index (χ2n) is 2.34. The van der Waals surface area contributed by atoms with Crippen molar-refractivity contribution >= 4 is 10.2 Å². The third kappa shape index (κ3) is 1.67. The van der Waals surface area contributed by atoms with E-state index in [0.717, 1.165) is 28.3 Å². The highest BCUT2D eigenvalue weighted by atomic mass is 28.1. The van der Waals surface area contributed by atoms with Gasteiger partial charge in [0.05, 0.1) is 0 Å². The van der Waals surface area contributed by atoms with Crippen molar-refractivity contribution in [3.05, 3.63) is 35.6 Å². The van der Waals surface area contributed by atoms with Gasteiger partial charge in [-0.3, -0.25) is 0 Å². The lowest BCUT2D eigenvalue weighted by molar-refractivity contribution is 0.612. The van der Waals surface area contributed by atoms with E-state index in [1.807, 2.05) is 12.1 Å². The summed E-state index contributed by atoms with van der Waals surface area (Å²) in [7, 11) is 1.16. The first-order valence-corrected chi connectivity index (χ1v) is 4.99. The molecule has 0 amide bonds. The van der Waals surface area contributed by atoms with E-state index >= 15 is 0 Å². The molecule has 1 aromatic rings. The molecule has 54 valence electrons. The average molecular weight is 154 g/mol. The lowest BCUT2D eigenvalue weighted by atomic mass is 10.2. The molecule has 2 heteroatoms. The quantitative estimate of drug-likeness (QED) is 0.561. The highest BCUT2D eigenvalue weighted by Gasteiger charge is 1.96. The number of aryl methyl sites for hydroxylation is 1. The molecule has 0 unspecified atom stereocenters. The fraction of sp³-hybridized carbons (Fsp3) is 0.250. The smallest absolute Gasteiger partial charge is 0.126 e. The van der Waals surface area contributed by atoms with E-state index in [4.69, 9.17) is 0 Å². The van der Waals surface area contributed by atoms with Gasteiger partial charge in [0.25, 0.3) is 0 Å². The molecule has 0 aliphatic rings. The zero-order chi connectivity index (χ0) is 7.40. The van der Waals surface area contributed by atoms with Crippen LogP contribution in [0.25, 0.3) is 0 Å². The van der Waals surface area contributed by atoms with Crippen LogP contribution in [0.2, 0.25) is 6.04 Å². The molecule has 0 nitrogen and oxygen atoms in total. The van der Waals surface area contributed by atoms with Gasteiger partial charge in [0.1, 0.15) is 5.82 Å². The minimum Gasteiger partial charge on any atom is -0.207 e. The highest BCUT2D eigenvalue weighted by Crippen LogP contribution is 2.07. The van der Waals surface area contributed by atoms with Gasteiger partial charge in [0.15, 0.2) is 0 Å². The van der Waals surface area contributed by atoms with Gasteiger partial charge in [0, 0.05) is 10.2 Å². The van der Waals surface area contributed by atoms with Crippen molar-refractivity contribution < 1.29 is 4.39 Å². The van der Waals surface area contributed by atoms with Crippen molar-refractivity contribution in [2.24, 2.45) is 0 Å². The van der Waals surface area contributed by atoms with Crippen molar-refractivity contribution in [3.8, 4) is 0 Å². The fourth-order valence-electron chi connectivity index (χ4n) is 0.970. The highest BCUT2D eigenvalue weighted by molar-refractivity contribution is 6.08. The molecule has 0 aliphatic carbocycles. The largest absolute Gasteiger partial charge is 0.207 e. The van der Waals surface area contributed by atoms with Crippen LogP contribution >= 0.6 is 0 Å². The molecule has 0 spiro atoms. The molecule has 0 aromatic heterocycles. The summed E-state index contributed by atoms with van der Waals surface area (Å²) in [4.78, 5) is 0. The van der Waals surface area contributed by atoms with E-state index in [1.165, 1.54) is 6.07 Å². The standard InChI is InChI=1S/C8H11FSi/c9-8-4-2-1-3-7(8)5-6-10/h1-4H,5-6H2,10H3. The molecule has 0 saturated carbocycles. The van der Waals surface area contributed by atoms with Crippen LogP contribution in [-0.2, 0) is 6.42 Å². The molecule has 0 radical (unpaired) electrons. The molecule has 10 heavy (non-hydrogen) atoms. The molecule has 0 N–H and O–H groups in total. The van der Waals surface area contributed by atoms with E-state index in [0.29, 0.717) is 0 Å². The van der Waals surface area contributed by atoms with Crippen LogP contribution in [0, 0.1) is 5.82 Å². The van der Waals surface area contributed by atoms with Crippen LogP contribution in [0.3, 0.4) is 0 Å². The van der Waals surface area contributed by atoms with E-state index < -0.39 is 0 Å². The SMILES string of the molecule is Fc1ccccc1CC[SiH3]. The Balaban J connectivity index is 2.81. The van der Waals surface area contributed by atoms with E-state index in [2.05, 4.69) is 0 Å². The predicted molar refractivity (Wildman–Crippen MR) is 44.9 cm³/mol. The summed E-state index contributed by atoms with van der Waals surface area (Å²) in [5.41, 5.74) is 0.859. The Morgan fingerprint density at radius 2 is 2.00 bits per heavy atom. The first-order valence-electron chi connectivity index (χ1n) is 3.58. The van der Waals surface area contributed by atoms with Crippen molar-refractivity contribution in [2.45, 2.75) is 12.5 Å². The van der Waals surface area contributed by atoms with Gasteiger partial charge in [-0.1, -0.05) is 24.2 Å². The Labute approximate surface area is 63.5 Å². The molecule has 0 fully saturated rings. The number of halogens is 1. The lowest BCUT2D eigenvalue weighted by Crippen LogP contribution is -1.87. The Bertz CT molecular complexity index is 210. The van der Waals surface area contributed by atoms with E-state index in [9.17, 15) is 4.39 Å². The minimum absolute atomic E-state index is 0.0571. The number of rotatable bonds is 2. The average Bonchev–Trinajstić information content (AvgIpc) is 1.94. The van der Waals surface area contributed by atoms with Crippen molar-refractivity contribution in [1.29, 1.82) is 0 Å². The normalized spacial score (nSPS) is 10.1. The van der Waals surface area contributed by atoms with Crippen LogP contribution < -0.4 is 0 Å². The topological polar surface area (TPSA) is 0 Å². The van der Waals surface area contributed by atoms with Gasteiger partial charge in [-0.05, 0) is 18.1 Å². The van der Waals surface area contributed by atoms with E-state index in [1.54, 1.807) is 6.07 Å². The third-order valence-electron chi connectivity index (χ3n) is 1.48. The van der Waals surface area contributed by atoms with Gasteiger partial charge in [-0.15, -0.1) is 0 Å². The first kappa shape index (κ1) is 7.47. The molecule has 0 atom stereocenters. The Kier molecular flexibility index (Phi) is 2.63. The lowest BCUT2D eigenvalue weighted by Gasteiger charge is -1.97. The first-order chi connectivity index (χ1) is 4.84. The number of benzene rings is 1. The summed E-state index contributed by atoms with van der Waals surface area (Å²) in [6, 6.07) is 8.13. The summed E-state index contributed by atoms with van der Waals surface area (Å²) in [5.74, 6) is -0.0571. The zero-order valence-corrected chi connectivity index (χ0v) is 8.10. The van der Waals surface area contributed by atoms with Crippen LogP contribution in [0.4, 0.5) is 4.39 Å². The molecular weight excluding hydrogens is 143 g/mol. The second-order valence-corrected chi connectivity index (χ2v) is 3.34. The third-order valence-corrected chi connectivity index (χ3v) is 1.98. The number of hydrogen-bond donors (Lipinski definition) is 0. The summed E-state index contributed by atoms with van der Waals surface area (Å²) >= 11 is 0. The van der Waals surface area contributed by atoms with Crippen LogP contribution in [-0.4, -0.2) is 10.2 Å². The van der Waals surface area contributed by atoms with Gasteiger partial charge in [-0.25, -0.2) is 4.39 Å². The van der Waals surface area contributed by atoms with Gasteiger partial charge in [-0.2, -0.15) is 0 Å². The fourth-order valence-corrected chi connectivity index (χ4v) is 1.51. The summed E-state index contributed by atoms with van der Waals surface area (Å²) < 4.78 is 12.8. The van der Waals surface area contributed by atoms with Crippen LogP contribution in [0.15, 0.2) is 24.3 Å². The second kappa shape index (κ2) is 3.51. The Hall–Kier alpha value is -0.633. The molecule has 1 rings (SSSR count). The molecular formula is C8H11FSi. The predicted octanol–water partition coefficient (Wildman–Crippen LogP) is 1.15. The van der Waals surface area contributed by atoms with E-state index in [-0.39, 0.29) is 5.82 Å². The Morgan fingerprint density at radius 3 is 2.60 bits per heavy atom. The summed E-state index contributed by atoms with van der Waals surface area (Å²) in [5, 5.41) is 0. The molecule has 0 aliphatic heterocycles. The van der Waals surface area contributed by atoms with Crippen molar-refractivity contribution in [3.63, 3.8) is 0 Å². The van der Waals surface area contributed by atoms with Crippen LogP contribution in [0.1, 0.15) is 5.56 Å². The van der Waals surface area contributed by atoms with Gasteiger partial charge < -0.3 is 0 Å². The molecule has 0 heterocycles. The van der Waals surface area contributed by atoms with Crippen LogP contribution in [0.5, 0.6) is 0 Å². The van der Waals surface area contributed by atoms with Crippen molar-refractivity contribution in [2.75, 3.05) is 0 Å².